The van der Waals surface area contributed by atoms with E-state index in [9.17, 15) is 0 Å². The first-order valence-corrected chi connectivity index (χ1v) is 8.03. The number of hydrogen-bond donors (Lipinski definition) is 0. The Hall–Kier alpha value is -1.10. The molecule has 104 valence electrons. The second kappa shape index (κ2) is 5.72. The van der Waals surface area contributed by atoms with Gasteiger partial charge in [0.2, 0.25) is 0 Å². The van der Waals surface area contributed by atoms with Crippen LogP contribution in [0.1, 0.15) is 16.4 Å². The Balaban J connectivity index is 2.09. The summed E-state index contributed by atoms with van der Waals surface area (Å²) in [5, 5.41) is 0. The molecule has 20 heavy (non-hydrogen) atoms. The lowest BCUT2D eigenvalue weighted by Crippen LogP contribution is -2.06. The molecule has 0 aliphatic heterocycles. The van der Waals surface area contributed by atoms with Crippen molar-refractivity contribution >= 4 is 45.7 Å². The van der Waals surface area contributed by atoms with Crippen LogP contribution in [0.3, 0.4) is 0 Å². The first kappa shape index (κ1) is 13.9. The number of pyridine rings is 1. The van der Waals surface area contributed by atoms with Gasteiger partial charge in [0.15, 0.2) is 5.65 Å². The van der Waals surface area contributed by atoms with Gasteiger partial charge in [-0.3, -0.25) is 0 Å². The van der Waals surface area contributed by atoms with E-state index in [1.54, 1.807) is 11.3 Å². The van der Waals surface area contributed by atoms with Crippen molar-refractivity contribution in [2.45, 2.75) is 19.9 Å². The van der Waals surface area contributed by atoms with Crippen LogP contribution in [0, 0.1) is 6.92 Å². The third kappa shape index (κ3) is 2.68. The summed E-state index contributed by atoms with van der Waals surface area (Å²) < 4.78 is 2.93. The maximum atomic E-state index is 6.00. The summed E-state index contributed by atoms with van der Waals surface area (Å²) in [7, 11) is 0. The number of rotatable bonds is 4. The summed E-state index contributed by atoms with van der Waals surface area (Å²) in [4.78, 5) is 10.4. The van der Waals surface area contributed by atoms with Gasteiger partial charge in [0.1, 0.15) is 11.3 Å². The fourth-order valence-electron chi connectivity index (χ4n) is 2.18. The largest absolute Gasteiger partial charge is 0.307 e. The molecule has 0 aromatic carbocycles. The normalized spacial score (nSPS) is 11.3. The van der Waals surface area contributed by atoms with E-state index in [4.69, 9.17) is 23.2 Å². The Kier molecular flexibility index (Phi) is 3.96. The highest BCUT2D eigenvalue weighted by atomic mass is 35.5. The molecular weight excluding hydrogens is 313 g/mol. The van der Waals surface area contributed by atoms with E-state index in [0.717, 1.165) is 40.0 Å². The summed E-state index contributed by atoms with van der Waals surface area (Å²) in [5.41, 5.74) is 2.81. The second-order valence-corrected chi connectivity index (χ2v) is 6.73. The van der Waals surface area contributed by atoms with Crippen molar-refractivity contribution in [3.05, 3.63) is 45.0 Å². The second-order valence-electron chi connectivity index (χ2n) is 4.55. The fourth-order valence-corrected chi connectivity index (χ4v) is 3.42. The fraction of sp³-hybridized carbons (Fsp3) is 0.286. The predicted octanol–water partition coefficient (Wildman–Crippen LogP) is 4.28. The van der Waals surface area contributed by atoms with Crippen LogP contribution in [0.2, 0.25) is 4.34 Å². The first-order valence-electron chi connectivity index (χ1n) is 6.30. The summed E-state index contributed by atoms with van der Waals surface area (Å²) >= 11 is 13.5. The maximum absolute atomic E-state index is 6.00. The minimum absolute atomic E-state index is 0.549. The van der Waals surface area contributed by atoms with E-state index in [2.05, 4.69) is 14.5 Å². The van der Waals surface area contributed by atoms with Crippen molar-refractivity contribution in [3.63, 3.8) is 0 Å². The van der Waals surface area contributed by atoms with Crippen LogP contribution in [0.4, 0.5) is 0 Å². The van der Waals surface area contributed by atoms with Crippen LogP contribution in [0.25, 0.3) is 11.2 Å². The number of alkyl halides is 1. The zero-order valence-corrected chi connectivity index (χ0v) is 13.3. The lowest BCUT2D eigenvalue weighted by Gasteiger charge is -2.06. The number of hydrogen-bond acceptors (Lipinski definition) is 3. The summed E-state index contributed by atoms with van der Waals surface area (Å²) in [5.74, 6) is 1.52. The highest BCUT2D eigenvalue weighted by Gasteiger charge is 2.13. The number of halogens is 2. The molecule has 0 amide bonds. The van der Waals surface area contributed by atoms with E-state index in [1.807, 2.05) is 31.2 Å². The van der Waals surface area contributed by atoms with Gasteiger partial charge in [-0.2, -0.15) is 0 Å². The monoisotopic (exact) mass is 325 g/mol. The average Bonchev–Trinajstić information content (AvgIpc) is 2.96. The molecule has 0 aliphatic rings. The molecule has 3 aromatic rings. The van der Waals surface area contributed by atoms with Gasteiger partial charge >= 0.3 is 0 Å². The van der Waals surface area contributed by atoms with Gasteiger partial charge in [0, 0.05) is 22.9 Å². The van der Waals surface area contributed by atoms with Crippen LogP contribution >= 0.6 is 34.5 Å². The lowest BCUT2D eigenvalue weighted by atomic mass is 10.3. The molecule has 3 nitrogen and oxygen atoms in total. The smallest absolute Gasteiger partial charge is 0.160 e. The minimum atomic E-state index is 0.549. The SMILES string of the molecule is Cc1ccc2nc(CCCl)n(Cc3ccc(Cl)s3)c2n1. The molecule has 0 N–H and O–H groups in total. The number of thiophene rings is 1. The molecule has 0 bridgehead atoms. The Morgan fingerprint density at radius 1 is 1.20 bits per heavy atom. The molecule has 0 spiro atoms. The van der Waals surface area contributed by atoms with Crippen molar-refractivity contribution in [1.29, 1.82) is 0 Å². The van der Waals surface area contributed by atoms with Crippen LogP contribution in [0.5, 0.6) is 0 Å². The Labute approximate surface area is 131 Å². The number of fused-ring (bicyclic) bond motifs is 1. The molecule has 0 atom stereocenters. The van der Waals surface area contributed by atoms with E-state index in [0.29, 0.717) is 5.88 Å². The highest BCUT2D eigenvalue weighted by molar-refractivity contribution is 7.16. The van der Waals surface area contributed by atoms with Gasteiger partial charge in [-0.1, -0.05) is 11.6 Å². The van der Waals surface area contributed by atoms with Gasteiger partial charge in [-0.25, -0.2) is 9.97 Å². The van der Waals surface area contributed by atoms with Crippen LogP contribution in [0.15, 0.2) is 24.3 Å². The highest BCUT2D eigenvalue weighted by Crippen LogP contribution is 2.24. The van der Waals surface area contributed by atoms with E-state index < -0.39 is 0 Å². The standard InChI is InChI=1S/C14H13Cl2N3S/c1-9-2-4-11-14(17-9)19(13(18-11)6-7-15)8-10-3-5-12(16)20-10/h2-5H,6-8H2,1H3. The zero-order chi connectivity index (χ0) is 14.1. The molecule has 3 aromatic heterocycles. The lowest BCUT2D eigenvalue weighted by molar-refractivity contribution is 0.755. The van der Waals surface area contributed by atoms with E-state index in [-0.39, 0.29) is 0 Å². The zero-order valence-electron chi connectivity index (χ0n) is 10.9. The molecule has 0 radical (unpaired) electrons. The Bertz CT molecular complexity index is 748. The molecule has 6 heteroatoms. The number of aromatic nitrogens is 3. The third-order valence-corrected chi connectivity index (χ3v) is 4.48. The molecule has 0 saturated heterocycles. The van der Waals surface area contributed by atoms with Gasteiger partial charge < -0.3 is 4.57 Å². The summed E-state index contributed by atoms with van der Waals surface area (Å²) in [6.45, 7) is 2.72. The molecule has 0 aliphatic carbocycles. The first-order chi connectivity index (χ1) is 9.67. The van der Waals surface area contributed by atoms with Crippen molar-refractivity contribution in [3.8, 4) is 0 Å². The molecule has 0 fully saturated rings. The average molecular weight is 326 g/mol. The van der Waals surface area contributed by atoms with Crippen molar-refractivity contribution < 1.29 is 0 Å². The molecule has 3 rings (SSSR count). The maximum Gasteiger partial charge on any atom is 0.160 e. The van der Waals surface area contributed by atoms with Gasteiger partial charge in [0.25, 0.3) is 0 Å². The van der Waals surface area contributed by atoms with E-state index >= 15 is 0 Å². The van der Waals surface area contributed by atoms with Gasteiger partial charge in [0.05, 0.1) is 10.9 Å². The number of nitrogens with zero attached hydrogens (tertiary/aromatic N) is 3. The summed E-state index contributed by atoms with van der Waals surface area (Å²) in [6, 6.07) is 7.94. The molecule has 3 heterocycles. The summed E-state index contributed by atoms with van der Waals surface area (Å²) in [6.07, 6.45) is 0.732. The van der Waals surface area contributed by atoms with Crippen molar-refractivity contribution in [2.75, 3.05) is 5.88 Å². The van der Waals surface area contributed by atoms with Crippen LogP contribution in [-0.2, 0) is 13.0 Å². The van der Waals surface area contributed by atoms with Crippen molar-refractivity contribution in [2.24, 2.45) is 0 Å². The molecule has 0 saturated carbocycles. The Morgan fingerprint density at radius 2 is 2.05 bits per heavy atom. The predicted molar refractivity (Wildman–Crippen MR) is 85.1 cm³/mol. The topological polar surface area (TPSA) is 30.7 Å². The van der Waals surface area contributed by atoms with E-state index in [1.165, 1.54) is 4.88 Å². The van der Waals surface area contributed by atoms with Crippen LogP contribution < -0.4 is 0 Å². The van der Waals surface area contributed by atoms with Gasteiger partial charge in [-0.15, -0.1) is 22.9 Å². The van der Waals surface area contributed by atoms with Crippen molar-refractivity contribution in [1.82, 2.24) is 14.5 Å². The minimum Gasteiger partial charge on any atom is -0.307 e. The molecule has 0 unspecified atom stereocenters. The quantitative estimate of drug-likeness (QED) is 0.670. The van der Waals surface area contributed by atoms with Gasteiger partial charge in [-0.05, 0) is 31.2 Å². The van der Waals surface area contributed by atoms with Crippen LogP contribution in [-0.4, -0.2) is 20.4 Å². The number of aryl methyl sites for hydroxylation is 2. The number of imidazole rings is 1. The molecular formula is C14H13Cl2N3S. The Morgan fingerprint density at radius 3 is 2.75 bits per heavy atom. The third-order valence-electron chi connectivity index (χ3n) is 3.07.